The van der Waals surface area contributed by atoms with Crippen molar-refractivity contribution in [1.82, 2.24) is 4.90 Å². The van der Waals surface area contributed by atoms with Crippen molar-refractivity contribution in [2.75, 3.05) is 0 Å². The van der Waals surface area contributed by atoms with Crippen molar-refractivity contribution in [3.8, 4) is 0 Å². The van der Waals surface area contributed by atoms with Gasteiger partial charge in [0.2, 0.25) is 0 Å². The molecule has 0 aromatic heterocycles. The van der Waals surface area contributed by atoms with E-state index >= 15 is 0 Å². The molecule has 0 spiro atoms. The van der Waals surface area contributed by atoms with Crippen LogP contribution in [0.3, 0.4) is 0 Å². The number of amides is 1. The Morgan fingerprint density at radius 3 is 2.33 bits per heavy atom. The molecule has 24 heavy (non-hydrogen) atoms. The maximum absolute atomic E-state index is 12.5. The molecule has 0 fully saturated rings. The number of aliphatic hydroxyl groups is 1. The number of Topliss-reactive ketones (excluding diaryl/α,β-unsaturated/α-hetero) is 1. The minimum absolute atomic E-state index is 0.123. The lowest BCUT2D eigenvalue weighted by Gasteiger charge is -2.26. The largest absolute Gasteiger partial charge is 0.503 e. The first kappa shape index (κ1) is 16.3. The van der Waals surface area contributed by atoms with Gasteiger partial charge < -0.3 is 10.0 Å². The van der Waals surface area contributed by atoms with Gasteiger partial charge in [0.25, 0.3) is 5.91 Å². The van der Waals surface area contributed by atoms with Gasteiger partial charge in [0, 0.05) is 11.6 Å². The highest BCUT2D eigenvalue weighted by Gasteiger charge is 2.42. The molecule has 2 aromatic rings. The molecular formula is C19H16ClNO3. The summed E-state index contributed by atoms with van der Waals surface area (Å²) >= 11 is 5.93. The second-order valence-electron chi connectivity index (χ2n) is 5.69. The Morgan fingerprint density at radius 1 is 1.12 bits per heavy atom. The van der Waals surface area contributed by atoms with Crippen molar-refractivity contribution < 1.29 is 14.7 Å². The van der Waals surface area contributed by atoms with Crippen LogP contribution in [-0.4, -0.2) is 21.7 Å². The fourth-order valence-corrected chi connectivity index (χ4v) is 3.07. The van der Waals surface area contributed by atoms with Crippen LogP contribution in [0.25, 0.3) is 0 Å². The van der Waals surface area contributed by atoms with Gasteiger partial charge in [-0.2, -0.15) is 0 Å². The normalized spacial score (nSPS) is 17.5. The van der Waals surface area contributed by atoms with Gasteiger partial charge in [-0.15, -0.1) is 0 Å². The number of carbonyl (C=O) groups excluding carboxylic acids is 2. The molecule has 0 unspecified atom stereocenters. The molecular weight excluding hydrogens is 326 g/mol. The standard InChI is InChI=1S/C19H16ClNO3/c1-12(22)16-17(14-7-9-15(20)10-8-14)21(19(24)18(16)23)11-13-5-3-2-4-6-13/h2-10,17,23H,11H2,1H3/t17-/m1/s1. The molecule has 5 heteroatoms. The number of halogens is 1. The molecule has 2 aromatic carbocycles. The number of hydrogen-bond acceptors (Lipinski definition) is 3. The third kappa shape index (κ3) is 2.93. The summed E-state index contributed by atoms with van der Waals surface area (Å²) in [6, 6.07) is 15.8. The summed E-state index contributed by atoms with van der Waals surface area (Å²) < 4.78 is 0. The summed E-state index contributed by atoms with van der Waals surface area (Å²) in [5.74, 6) is -1.33. The second kappa shape index (κ2) is 6.49. The Morgan fingerprint density at radius 2 is 1.75 bits per heavy atom. The molecule has 1 atom stereocenters. The number of ketones is 1. The molecule has 0 bridgehead atoms. The quantitative estimate of drug-likeness (QED) is 0.919. The van der Waals surface area contributed by atoms with Crippen LogP contribution in [0.1, 0.15) is 24.1 Å². The van der Waals surface area contributed by atoms with E-state index in [2.05, 4.69) is 0 Å². The average Bonchev–Trinajstić information content (AvgIpc) is 2.82. The van der Waals surface area contributed by atoms with E-state index in [-0.39, 0.29) is 11.4 Å². The monoisotopic (exact) mass is 341 g/mol. The fourth-order valence-electron chi connectivity index (χ4n) is 2.95. The van der Waals surface area contributed by atoms with Crippen LogP contribution in [0.5, 0.6) is 0 Å². The van der Waals surface area contributed by atoms with E-state index in [0.717, 1.165) is 11.1 Å². The van der Waals surface area contributed by atoms with E-state index in [1.807, 2.05) is 30.3 Å². The van der Waals surface area contributed by atoms with Gasteiger partial charge in [-0.25, -0.2) is 0 Å². The first-order valence-electron chi connectivity index (χ1n) is 7.53. The van der Waals surface area contributed by atoms with Gasteiger partial charge in [-0.05, 0) is 30.2 Å². The minimum atomic E-state index is -0.618. The topological polar surface area (TPSA) is 57.6 Å². The lowest BCUT2D eigenvalue weighted by molar-refractivity contribution is -0.130. The van der Waals surface area contributed by atoms with E-state index in [4.69, 9.17) is 11.6 Å². The maximum Gasteiger partial charge on any atom is 0.290 e. The molecule has 1 aliphatic rings. The summed E-state index contributed by atoms with van der Waals surface area (Å²) in [7, 11) is 0. The van der Waals surface area contributed by atoms with Crippen LogP contribution in [-0.2, 0) is 16.1 Å². The number of benzene rings is 2. The van der Waals surface area contributed by atoms with Gasteiger partial charge in [0.05, 0.1) is 11.6 Å². The zero-order chi connectivity index (χ0) is 17.3. The Kier molecular flexibility index (Phi) is 4.40. The smallest absolute Gasteiger partial charge is 0.290 e. The Balaban J connectivity index is 2.04. The van der Waals surface area contributed by atoms with Gasteiger partial charge in [0.15, 0.2) is 11.5 Å². The van der Waals surface area contributed by atoms with Crippen LogP contribution in [0.15, 0.2) is 65.9 Å². The third-order valence-electron chi connectivity index (χ3n) is 4.06. The highest BCUT2D eigenvalue weighted by molar-refractivity contribution is 6.30. The lowest BCUT2D eigenvalue weighted by atomic mass is 9.96. The molecule has 1 N–H and O–H groups in total. The number of aliphatic hydroxyl groups excluding tert-OH is 1. The number of carbonyl (C=O) groups is 2. The van der Waals surface area contributed by atoms with Crippen LogP contribution in [0, 0.1) is 0 Å². The van der Waals surface area contributed by atoms with E-state index < -0.39 is 17.7 Å². The van der Waals surface area contributed by atoms with Gasteiger partial charge in [-0.3, -0.25) is 9.59 Å². The zero-order valence-electron chi connectivity index (χ0n) is 13.1. The predicted octanol–water partition coefficient (Wildman–Crippen LogP) is 3.82. The molecule has 1 aliphatic heterocycles. The van der Waals surface area contributed by atoms with Gasteiger partial charge in [0.1, 0.15) is 0 Å². The molecule has 3 rings (SSSR count). The van der Waals surface area contributed by atoms with Crippen LogP contribution in [0.2, 0.25) is 5.02 Å². The van der Waals surface area contributed by atoms with Crippen molar-refractivity contribution in [1.29, 1.82) is 0 Å². The van der Waals surface area contributed by atoms with E-state index in [1.165, 1.54) is 11.8 Å². The van der Waals surface area contributed by atoms with Crippen molar-refractivity contribution in [2.24, 2.45) is 0 Å². The molecule has 1 heterocycles. The minimum Gasteiger partial charge on any atom is -0.503 e. The van der Waals surface area contributed by atoms with Crippen LogP contribution < -0.4 is 0 Å². The molecule has 1 amide bonds. The van der Waals surface area contributed by atoms with Gasteiger partial charge in [-0.1, -0.05) is 54.1 Å². The molecule has 0 saturated heterocycles. The van der Waals surface area contributed by atoms with E-state index in [9.17, 15) is 14.7 Å². The first-order chi connectivity index (χ1) is 11.5. The summed E-state index contributed by atoms with van der Waals surface area (Å²) in [6.45, 7) is 1.65. The Hall–Kier alpha value is -2.59. The molecule has 0 saturated carbocycles. The lowest BCUT2D eigenvalue weighted by Crippen LogP contribution is -2.30. The van der Waals surface area contributed by atoms with Crippen molar-refractivity contribution >= 4 is 23.3 Å². The van der Waals surface area contributed by atoms with E-state index in [1.54, 1.807) is 24.3 Å². The summed E-state index contributed by atoms with van der Waals surface area (Å²) in [5.41, 5.74) is 1.78. The van der Waals surface area contributed by atoms with Crippen molar-refractivity contribution in [3.05, 3.63) is 82.1 Å². The molecule has 0 aliphatic carbocycles. The van der Waals surface area contributed by atoms with Crippen molar-refractivity contribution in [3.63, 3.8) is 0 Å². The average molecular weight is 342 g/mol. The van der Waals surface area contributed by atoms with Crippen molar-refractivity contribution in [2.45, 2.75) is 19.5 Å². The summed E-state index contributed by atoms with van der Waals surface area (Å²) in [6.07, 6.45) is 0. The molecule has 122 valence electrons. The summed E-state index contributed by atoms with van der Waals surface area (Å²) in [4.78, 5) is 26.0. The zero-order valence-corrected chi connectivity index (χ0v) is 13.8. The number of nitrogens with zero attached hydrogens (tertiary/aromatic N) is 1. The molecule has 0 radical (unpaired) electrons. The summed E-state index contributed by atoms with van der Waals surface area (Å²) in [5, 5.41) is 10.8. The Bertz CT molecular complexity index is 812. The highest BCUT2D eigenvalue weighted by Crippen LogP contribution is 2.38. The number of rotatable bonds is 4. The van der Waals surface area contributed by atoms with Crippen LogP contribution >= 0.6 is 11.6 Å². The second-order valence-corrected chi connectivity index (χ2v) is 6.13. The SMILES string of the molecule is CC(=O)C1=C(O)C(=O)N(Cc2ccccc2)[C@@H]1c1ccc(Cl)cc1. The highest BCUT2D eigenvalue weighted by atomic mass is 35.5. The number of hydrogen-bond donors (Lipinski definition) is 1. The van der Waals surface area contributed by atoms with Crippen LogP contribution in [0.4, 0.5) is 0 Å². The van der Waals surface area contributed by atoms with E-state index in [0.29, 0.717) is 11.6 Å². The maximum atomic E-state index is 12.5. The third-order valence-corrected chi connectivity index (χ3v) is 4.32. The predicted molar refractivity (Wildman–Crippen MR) is 91.5 cm³/mol. The fraction of sp³-hybridized carbons (Fsp3) is 0.158. The first-order valence-corrected chi connectivity index (χ1v) is 7.91. The van der Waals surface area contributed by atoms with Gasteiger partial charge >= 0.3 is 0 Å². The molecule has 4 nitrogen and oxygen atoms in total. The Labute approximate surface area is 145 Å².